The molecule has 0 heterocycles. The quantitative estimate of drug-likeness (QED) is 0.0649. The fourth-order valence-corrected chi connectivity index (χ4v) is 3.98. The number of carbonyl (C=O) groups excluding carboxylic acids is 3. The van der Waals surface area contributed by atoms with Gasteiger partial charge in [-0.2, -0.15) is 0 Å². The number of aliphatic hydroxyl groups excluding tert-OH is 2. The van der Waals surface area contributed by atoms with Gasteiger partial charge in [0, 0.05) is 24.9 Å². The first-order chi connectivity index (χ1) is 18.7. The molecule has 0 spiro atoms. The summed E-state index contributed by atoms with van der Waals surface area (Å²) in [6.45, 7) is 5.96. The molecule has 1 atom stereocenters. The summed E-state index contributed by atoms with van der Waals surface area (Å²) in [5, 5.41) is 24.5. The smallest absolute Gasteiger partial charge is 0.307 e. The van der Waals surface area contributed by atoms with Gasteiger partial charge in [0.15, 0.2) is 0 Å². The summed E-state index contributed by atoms with van der Waals surface area (Å²) in [6, 6.07) is 0. The molecule has 0 aromatic heterocycles. The van der Waals surface area contributed by atoms with Crippen LogP contribution in [0.5, 0.6) is 0 Å². The van der Waals surface area contributed by atoms with Crippen LogP contribution < -0.4 is 10.6 Å². The SMILES string of the molecule is CCCCCCCC/C=C\CCCCCCCC(=O)NCCCCOC(=O)CCNC(=O)C(O)C(C)(C)CO. The highest BCUT2D eigenvalue weighted by Crippen LogP contribution is 2.19. The van der Waals surface area contributed by atoms with E-state index in [2.05, 4.69) is 29.7 Å². The highest BCUT2D eigenvalue weighted by atomic mass is 16.5. The second-order valence-corrected chi connectivity index (χ2v) is 11.2. The van der Waals surface area contributed by atoms with Crippen LogP contribution in [0.3, 0.4) is 0 Å². The Bertz CT molecular complexity index is 665. The lowest BCUT2D eigenvalue weighted by molar-refractivity contribution is -0.144. The number of nitrogens with one attached hydrogen (secondary N) is 2. The minimum atomic E-state index is -1.36. The molecular weight excluding hydrogens is 496 g/mol. The molecule has 0 aromatic rings. The van der Waals surface area contributed by atoms with Crippen LogP contribution >= 0.6 is 0 Å². The highest BCUT2D eigenvalue weighted by Gasteiger charge is 2.32. The van der Waals surface area contributed by atoms with Crippen molar-refractivity contribution in [3.8, 4) is 0 Å². The highest BCUT2D eigenvalue weighted by molar-refractivity contribution is 5.81. The predicted molar refractivity (Wildman–Crippen MR) is 157 cm³/mol. The first-order valence-electron chi connectivity index (χ1n) is 15.4. The molecule has 0 bridgehead atoms. The molecule has 8 nitrogen and oxygen atoms in total. The van der Waals surface area contributed by atoms with Crippen molar-refractivity contribution in [3.05, 3.63) is 12.2 Å². The fraction of sp³-hybridized carbons (Fsp3) is 0.839. The molecule has 4 N–H and O–H groups in total. The largest absolute Gasteiger partial charge is 0.466 e. The Morgan fingerprint density at radius 3 is 1.97 bits per heavy atom. The van der Waals surface area contributed by atoms with E-state index in [-0.39, 0.29) is 32.1 Å². The number of hydrogen-bond acceptors (Lipinski definition) is 6. The van der Waals surface area contributed by atoms with Gasteiger partial charge in [-0.15, -0.1) is 0 Å². The van der Waals surface area contributed by atoms with Gasteiger partial charge < -0.3 is 25.6 Å². The molecule has 0 aliphatic heterocycles. The number of rotatable bonds is 26. The number of aliphatic hydroxyl groups is 2. The second kappa shape index (κ2) is 25.1. The fourth-order valence-electron chi connectivity index (χ4n) is 3.98. The van der Waals surface area contributed by atoms with E-state index in [9.17, 15) is 24.6 Å². The van der Waals surface area contributed by atoms with E-state index in [1.807, 2.05) is 0 Å². The minimum absolute atomic E-state index is 0.00467. The minimum Gasteiger partial charge on any atom is -0.466 e. The Morgan fingerprint density at radius 2 is 1.36 bits per heavy atom. The van der Waals surface area contributed by atoms with Crippen LogP contribution in [0.4, 0.5) is 0 Å². The van der Waals surface area contributed by atoms with Gasteiger partial charge in [0.05, 0.1) is 19.6 Å². The molecule has 0 aliphatic carbocycles. The topological polar surface area (TPSA) is 125 Å². The summed E-state index contributed by atoms with van der Waals surface area (Å²) in [4.78, 5) is 35.6. The van der Waals surface area contributed by atoms with Gasteiger partial charge in [-0.1, -0.05) is 84.3 Å². The van der Waals surface area contributed by atoms with Crippen molar-refractivity contribution in [1.29, 1.82) is 0 Å². The molecule has 0 fully saturated rings. The summed E-state index contributed by atoms with van der Waals surface area (Å²) >= 11 is 0. The molecule has 228 valence electrons. The zero-order chi connectivity index (χ0) is 29.2. The maximum Gasteiger partial charge on any atom is 0.307 e. The molecule has 0 aromatic carbocycles. The number of amides is 2. The Balaban J connectivity index is 3.50. The lowest BCUT2D eigenvalue weighted by Crippen LogP contribution is -2.46. The lowest BCUT2D eigenvalue weighted by atomic mass is 9.87. The molecule has 0 radical (unpaired) electrons. The first kappa shape index (κ1) is 37.1. The third-order valence-electron chi connectivity index (χ3n) is 6.85. The van der Waals surface area contributed by atoms with Crippen molar-refractivity contribution in [2.75, 3.05) is 26.3 Å². The summed E-state index contributed by atoms with van der Waals surface area (Å²) in [6.07, 6.45) is 21.4. The maximum absolute atomic E-state index is 11.9. The average molecular weight is 555 g/mol. The van der Waals surface area contributed by atoms with Gasteiger partial charge in [0.1, 0.15) is 6.10 Å². The molecule has 1 unspecified atom stereocenters. The van der Waals surface area contributed by atoms with Crippen molar-refractivity contribution in [2.24, 2.45) is 5.41 Å². The molecule has 0 saturated carbocycles. The third kappa shape index (κ3) is 22.6. The van der Waals surface area contributed by atoms with Crippen LogP contribution in [0, 0.1) is 5.41 Å². The summed E-state index contributed by atoms with van der Waals surface area (Å²) in [5.41, 5.74) is -0.954. The van der Waals surface area contributed by atoms with Crippen LogP contribution in [0.1, 0.15) is 130 Å². The Kier molecular flexibility index (Phi) is 23.8. The summed E-state index contributed by atoms with van der Waals surface area (Å²) in [7, 11) is 0. The number of ether oxygens (including phenoxy) is 1. The monoisotopic (exact) mass is 554 g/mol. The van der Waals surface area contributed by atoms with Crippen molar-refractivity contribution in [1.82, 2.24) is 10.6 Å². The van der Waals surface area contributed by atoms with E-state index >= 15 is 0 Å². The number of allylic oxidation sites excluding steroid dienone is 2. The van der Waals surface area contributed by atoms with E-state index in [1.165, 1.54) is 64.2 Å². The normalized spacial score (nSPS) is 12.4. The van der Waals surface area contributed by atoms with Crippen LogP contribution in [-0.2, 0) is 19.1 Å². The predicted octanol–water partition coefficient (Wildman–Crippen LogP) is 5.35. The van der Waals surface area contributed by atoms with Crippen molar-refractivity contribution in [3.63, 3.8) is 0 Å². The van der Waals surface area contributed by atoms with Gasteiger partial charge in [0.2, 0.25) is 11.8 Å². The number of esters is 1. The average Bonchev–Trinajstić information content (AvgIpc) is 2.92. The third-order valence-corrected chi connectivity index (χ3v) is 6.85. The summed E-state index contributed by atoms with van der Waals surface area (Å²) in [5.74, 6) is -0.981. The van der Waals surface area contributed by atoms with Crippen LogP contribution in [0.2, 0.25) is 0 Å². The zero-order valence-electron chi connectivity index (χ0n) is 25.1. The van der Waals surface area contributed by atoms with Crippen LogP contribution in [0.15, 0.2) is 12.2 Å². The molecule has 0 saturated heterocycles. The van der Waals surface area contributed by atoms with E-state index in [4.69, 9.17) is 4.74 Å². The van der Waals surface area contributed by atoms with Crippen LogP contribution in [-0.4, -0.2) is 60.4 Å². The van der Waals surface area contributed by atoms with Crippen LogP contribution in [0.25, 0.3) is 0 Å². The van der Waals surface area contributed by atoms with E-state index in [0.29, 0.717) is 19.4 Å². The number of unbranched alkanes of at least 4 members (excludes halogenated alkanes) is 12. The van der Waals surface area contributed by atoms with Gasteiger partial charge in [-0.25, -0.2) is 0 Å². The number of carbonyl (C=O) groups is 3. The number of hydrogen-bond donors (Lipinski definition) is 4. The zero-order valence-corrected chi connectivity index (χ0v) is 25.1. The first-order valence-corrected chi connectivity index (χ1v) is 15.4. The van der Waals surface area contributed by atoms with E-state index < -0.39 is 23.4 Å². The molecule has 8 heteroatoms. The maximum atomic E-state index is 11.9. The molecule has 39 heavy (non-hydrogen) atoms. The van der Waals surface area contributed by atoms with Crippen molar-refractivity contribution in [2.45, 2.75) is 136 Å². The standard InChI is InChI=1S/C31H58N2O6/c1-4-5-6-7-8-9-10-11-12-13-14-15-16-17-18-21-27(35)32-23-19-20-25-39-28(36)22-24-33-30(38)29(37)31(2,3)26-34/h11-12,29,34,37H,4-10,13-26H2,1-3H3,(H,32,35)(H,33,38)/b12-11-. The van der Waals surface area contributed by atoms with E-state index in [1.54, 1.807) is 13.8 Å². The van der Waals surface area contributed by atoms with Crippen molar-refractivity contribution < 1.29 is 29.3 Å². The van der Waals surface area contributed by atoms with Crippen molar-refractivity contribution >= 4 is 17.8 Å². The molecule has 0 rings (SSSR count). The van der Waals surface area contributed by atoms with Gasteiger partial charge in [-0.3, -0.25) is 14.4 Å². The lowest BCUT2D eigenvalue weighted by Gasteiger charge is -2.27. The molecule has 0 aliphatic rings. The Hall–Kier alpha value is -1.93. The van der Waals surface area contributed by atoms with Gasteiger partial charge in [-0.05, 0) is 44.9 Å². The van der Waals surface area contributed by atoms with E-state index in [0.717, 1.165) is 25.7 Å². The summed E-state index contributed by atoms with van der Waals surface area (Å²) < 4.78 is 5.13. The van der Waals surface area contributed by atoms with Gasteiger partial charge >= 0.3 is 5.97 Å². The van der Waals surface area contributed by atoms with Gasteiger partial charge in [0.25, 0.3) is 0 Å². The molecule has 2 amide bonds. The Morgan fingerprint density at radius 1 is 0.769 bits per heavy atom. The molecular formula is C31H58N2O6. The Labute approximate surface area is 237 Å². The second-order valence-electron chi connectivity index (χ2n) is 11.2.